The second-order valence-corrected chi connectivity index (χ2v) is 5.25. The number of nitrogens with one attached hydrogen (secondary N) is 2. The van der Waals surface area contributed by atoms with Gasteiger partial charge in [0.25, 0.3) is 10.0 Å². The number of nitrogen functional groups attached to an aromatic ring is 1. The third kappa shape index (κ3) is 2.60. The molecule has 1 aromatic heterocycles. The topological polar surface area (TPSA) is 110 Å². The van der Waals surface area contributed by atoms with Crippen molar-refractivity contribution in [3.63, 3.8) is 0 Å². The molecule has 0 fully saturated rings. The SMILES string of the molecule is COc1cc(F)ccc1NS(=O)(=O)c1cn[nH]c1N. The highest BCUT2D eigenvalue weighted by atomic mass is 32.2. The van der Waals surface area contributed by atoms with Crippen molar-refractivity contribution in [1.29, 1.82) is 0 Å². The highest BCUT2D eigenvalue weighted by Gasteiger charge is 2.21. The Balaban J connectivity index is 2.39. The van der Waals surface area contributed by atoms with Crippen LogP contribution in [0.2, 0.25) is 0 Å². The van der Waals surface area contributed by atoms with Gasteiger partial charge < -0.3 is 10.5 Å². The highest BCUT2D eigenvalue weighted by molar-refractivity contribution is 7.92. The lowest BCUT2D eigenvalue weighted by molar-refractivity contribution is 0.413. The van der Waals surface area contributed by atoms with Gasteiger partial charge in [0.05, 0.1) is 19.0 Å². The van der Waals surface area contributed by atoms with Crippen LogP contribution < -0.4 is 15.2 Å². The summed E-state index contributed by atoms with van der Waals surface area (Å²) in [7, 11) is -2.61. The van der Waals surface area contributed by atoms with E-state index in [1.807, 2.05) is 0 Å². The third-order valence-electron chi connectivity index (χ3n) is 2.33. The van der Waals surface area contributed by atoms with Gasteiger partial charge in [-0.25, -0.2) is 12.8 Å². The molecule has 0 atom stereocenters. The Labute approximate surface area is 108 Å². The van der Waals surface area contributed by atoms with Crippen LogP contribution >= 0.6 is 0 Å². The van der Waals surface area contributed by atoms with E-state index in [4.69, 9.17) is 10.5 Å². The molecule has 1 aromatic carbocycles. The number of aromatic amines is 1. The average molecular weight is 286 g/mol. The zero-order chi connectivity index (χ0) is 14.0. The van der Waals surface area contributed by atoms with Gasteiger partial charge in [0.15, 0.2) is 0 Å². The number of hydrogen-bond donors (Lipinski definition) is 3. The van der Waals surface area contributed by atoms with Gasteiger partial charge in [0.2, 0.25) is 0 Å². The lowest BCUT2D eigenvalue weighted by atomic mass is 10.3. The molecule has 0 saturated carbocycles. The smallest absolute Gasteiger partial charge is 0.267 e. The normalized spacial score (nSPS) is 11.3. The van der Waals surface area contributed by atoms with Crippen molar-refractivity contribution in [2.75, 3.05) is 17.6 Å². The molecule has 0 aliphatic rings. The molecule has 0 spiro atoms. The second-order valence-electron chi connectivity index (χ2n) is 3.60. The third-order valence-corrected chi connectivity index (χ3v) is 3.72. The molecule has 9 heteroatoms. The van der Waals surface area contributed by atoms with E-state index in [1.54, 1.807) is 0 Å². The number of halogens is 1. The molecular weight excluding hydrogens is 275 g/mol. The molecule has 19 heavy (non-hydrogen) atoms. The Morgan fingerprint density at radius 2 is 2.21 bits per heavy atom. The van der Waals surface area contributed by atoms with E-state index in [0.29, 0.717) is 0 Å². The van der Waals surface area contributed by atoms with Crippen molar-refractivity contribution >= 4 is 21.5 Å². The predicted octanol–water partition coefficient (Wildman–Crippen LogP) is 0.940. The Morgan fingerprint density at radius 1 is 1.47 bits per heavy atom. The van der Waals surface area contributed by atoms with Gasteiger partial charge in [-0.15, -0.1) is 0 Å². The van der Waals surface area contributed by atoms with Crippen molar-refractivity contribution in [2.45, 2.75) is 4.90 Å². The fourth-order valence-corrected chi connectivity index (χ4v) is 2.54. The first kappa shape index (κ1) is 13.1. The highest BCUT2D eigenvalue weighted by Crippen LogP contribution is 2.28. The number of anilines is 2. The molecule has 7 nitrogen and oxygen atoms in total. The van der Waals surface area contributed by atoms with Gasteiger partial charge in [-0.1, -0.05) is 0 Å². The van der Waals surface area contributed by atoms with Crippen LogP contribution in [0.5, 0.6) is 5.75 Å². The van der Waals surface area contributed by atoms with Gasteiger partial charge in [0, 0.05) is 6.07 Å². The Hall–Kier alpha value is -2.29. The first-order chi connectivity index (χ1) is 8.94. The summed E-state index contributed by atoms with van der Waals surface area (Å²) in [5.74, 6) is -0.568. The van der Waals surface area contributed by atoms with Crippen LogP contribution in [-0.2, 0) is 10.0 Å². The van der Waals surface area contributed by atoms with Gasteiger partial charge in [-0.3, -0.25) is 9.82 Å². The number of hydrogen-bond acceptors (Lipinski definition) is 5. The molecular formula is C10H11FN4O3S. The van der Waals surface area contributed by atoms with E-state index in [2.05, 4.69) is 14.9 Å². The van der Waals surface area contributed by atoms with E-state index in [-0.39, 0.29) is 22.2 Å². The van der Waals surface area contributed by atoms with Crippen molar-refractivity contribution in [3.05, 3.63) is 30.2 Å². The molecule has 2 rings (SSSR count). The monoisotopic (exact) mass is 286 g/mol. The van der Waals surface area contributed by atoms with Crippen molar-refractivity contribution < 1.29 is 17.5 Å². The zero-order valence-electron chi connectivity index (χ0n) is 9.84. The van der Waals surface area contributed by atoms with Gasteiger partial charge in [-0.2, -0.15) is 5.10 Å². The lowest BCUT2D eigenvalue weighted by Crippen LogP contribution is -2.14. The molecule has 4 N–H and O–H groups in total. The summed E-state index contributed by atoms with van der Waals surface area (Å²) < 4.78 is 44.2. The number of rotatable bonds is 4. The van der Waals surface area contributed by atoms with Crippen LogP contribution in [0.4, 0.5) is 15.9 Å². The molecule has 0 amide bonds. The molecule has 0 bridgehead atoms. The van der Waals surface area contributed by atoms with E-state index >= 15 is 0 Å². The number of sulfonamides is 1. The van der Waals surface area contributed by atoms with Crippen molar-refractivity contribution in [1.82, 2.24) is 10.2 Å². The van der Waals surface area contributed by atoms with E-state index in [0.717, 1.165) is 18.3 Å². The summed E-state index contributed by atoms with van der Waals surface area (Å²) >= 11 is 0. The summed E-state index contributed by atoms with van der Waals surface area (Å²) in [5, 5.41) is 5.84. The Kier molecular flexibility index (Phi) is 3.30. The fraction of sp³-hybridized carbons (Fsp3) is 0.100. The quantitative estimate of drug-likeness (QED) is 0.774. The van der Waals surface area contributed by atoms with E-state index < -0.39 is 15.8 Å². The molecule has 0 aliphatic heterocycles. The summed E-state index contributed by atoms with van der Waals surface area (Å²) in [6.45, 7) is 0. The minimum absolute atomic E-state index is 0.0608. The Bertz CT molecular complexity index is 699. The number of nitrogens with two attached hydrogens (primary N) is 1. The summed E-state index contributed by atoms with van der Waals surface area (Å²) in [6, 6.07) is 3.43. The Morgan fingerprint density at radius 3 is 2.79 bits per heavy atom. The molecule has 1 heterocycles. The number of aromatic nitrogens is 2. The summed E-state index contributed by atoms with van der Waals surface area (Å²) in [4.78, 5) is -0.195. The van der Waals surface area contributed by atoms with Crippen LogP contribution in [0.15, 0.2) is 29.3 Å². The lowest BCUT2D eigenvalue weighted by Gasteiger charge is -2.11. The minimum Gasteiger partial charge on any atom is -0.494 e. The second kappa shape index (κ2) is 4.76. The minimum atomic E-state index is -3.92. The van der Waals surface area contributed by atoms with Crippen LogP contribution in [0.25, 0.3) is 0 Å². The standard InChI is InChI=1S/C10H11FN4O3S/c1-18-8-4-6(11)2-3-7(8)15-19(16,17)9-5-13-14-10(9)12/h2-5,15H,1H3,(H3,12,13,14). The van der Waals surface area contributed by atoms with Gasteiger partial charge >= 0.3 is 0 Å². The molecule has 2 aromatic rings. The van der Waals surface area contributed by atoms with Gasteiger partial charge in [-0.05, 0) is 12.1 Å². The number of H-pyrrole nitrogens is 1. The number of methoxy groups -OCH3 is 1. The zero-order valence-corrected chi connectivity index (χ0v) is 10.7. The van der Waals surface area contributed by atoms with E-state index in [9.17, 15) is 12.8 Å². The molecule has 0 unspecified atom stereocenters. The summed E-state index contributed by atoms with van der Waals surface area (Å²) in [5.41, 5.74) is 5.55. The molecule has 0 saturated heterocycles. The maximum Gasteiger partial charge on any atom is 0.267 e. The number of ether oxygens (including phenoxy) is 1. The maximum atomic E-state index is 13.0. The van der Waals surface area contributed by atoms with Crippen LogP contribution in [0.1, 0.15) is 0 Å². The van der Waals surface area contributed by atoms with Crippen LogP contribution in [0.3, 0.4) is 0 Å². The maximum absolute atomic E-state index is 13.0. The first-order valence-corrected chi connectivity index (χ1v) is 6.57. The number of nitrogens with zero attached hydrogens (tertiary/aromatic N) is 1. The van der Waals surface area contributed by atoms with E-state index in [1.165, 1.54) is 13.2 Å². The van der Waals surface area contributed by atoms with Gasteiger partial charge in [0.1, 0.15) is 22.3 Å². The largest absolute Gasteiger partial charge is 0.494 e. The van der Waals surface area contributed by atoms with Crippen molar-refractivity contribution in [2.24, 2.45) is 0 Å². The molecule has 0 aliphatic carbocycles. The van der Waals surface area contributed by atoms with Crippen LogP contribution in [0, 0.1) is 5.82 Å². The van der Waals surface area contributed by atoms with Crippen LogP contribution in [-0.4, -0.2) is 25.7 Å². The number of benzene rings is 1. The molecule has 102 valence electrons. The summed E-state index contributed by atoms with van der Waals surface area (Å²) in [6.07, 6.45) is 1.08. The fourth-order valence-electron chi connectivity index (χ4n) is 1.45. The average Bonchev–Trinajstić information content (AvgIpc) is 2.78. The molecule has 0 radical (unpaired) electrons. The predicted molar refractivity (Wildman–Crippen MR) is 66.8 cm³/mol. The van der Waals surface area contributed by atoms with Crippen molar-refractivity contribution in [3.8, 4) is 5.75 Å². The first-order valence-electron chi connectivity index (χ1n) is 5.09.